The molecule has 1 heterocycles. The van der Waals surface area contributed by atoms with Gasteiger partial charge in [-0.05, 0) is 17.7 Å². The average molecular weight is 302 g/mol. The number of carboxylic acids is 1. The maximum atomic E-state index is 11.3. The Kier molecular flexibility index (Phi) is 4.50. The lowest BCUT2D eigenvalue weighted by Crippen LogP contribution is -2.46. The van der Waals surface area contributed by atoms with E-state index >= 15 is 0 Å². The molecule has 0 bridgehead atoms. The smallest absolute Gasteiger partial charge is 0.407 e. The Morgan fingerprint density at radius 2 is 2.10 bits per heavy atom. The first kappa shape index (κ1) is 16.1. The van der Waals surface area contributed by atoms with Crippen LogP contribution in [0, 0.1) is 5.41 Å². The largest absolute Gasteiger partial charge is 0.507 e. The number of phenols is 1. The van der Waals surface area contributed by atoms with Gasteiger partial charge < -0.3 is 20.3 Å². The lowest BCUT2D eigenvalue weighted by atomic mass is 9.80. The summed E-state index contributed by atoms with van der Waals surface area (Å²) in [7, 11) is 0. The normalized spacial score (nSPS) is 20.3. The van der Waals surface area contributed by atoms with Crippen LogP contribution >= 0.6 is 12.4 Å². The molecular weight excluding hydrogens is 286 g/mol. The predicted molar refractivity (Wildman–Crippen MR) is 73.3 cm³/mol. The number of amides is 1. The molecule has 1 aliphatic rings. The summed E-state index contributed by atoms with van der Waals surface area (Å²) in [6, 6.07) is 3.92. The third-order valence-corrected chi connectivity index (χ3v) is 3.20. The summed E-state index contributed by atoms with van der Waals surface area (Å²) in [4.78, 5) is 22.3. The average Bonchev–Trinajstić information content (AvgIpc) is 2.33. The van der Waals surface area contributed by atoms with Crippen LogP contribution in [-0.2, 0) is 4.74 Å². The first-order valence-corrected chi connectivity index (χ1v) is 5.81. The number of alkyl carbamates (subject to hydrolysis) is 1. The Bertz CT molecular complexity index is 544. The Labute approximate surface area is 122 Å². The van der Waals surface area contributed by atoms with Gasteiger partial charge in [0.2, 0.25) is 0 Å². The van der Waals surface area contributed by atoms with Crippen LogP contribution < -0.4 is 5.32 Å². The molecule has 1 aliphatic heterocycles. The molecule has 2 rings (SSSR count). The molecule has 0 radical (unpaired) electrons. The zero-order valence-electron chi connectivity index (χ0n) is 11.0. The maximum absolute atomic E-state index is 11.3. The third-order valence-electron chi connectivity index (χ3n) is 3.20. The van der Waals surface area contributed by atoms with Crippen molar-refractivity contribution in [3.8, 4) is 5.75 Å². The highest BCUT2D eigenvalue weighted by Crippen LogP contribution is 2.37. The molecule has 1 atom stereocenters. The molecule has 1 aromatic carbocycles. The van der Waals surface area contributed by atoms with Crippen LogP contribution in [0.2, 0.25) is 0 Å². The summed E-state index contributed by atoms with van der Waals surface area (Å²) >= 11 is 0. The minimum absolute atomic E-state index is 0. The summed E-state index contributed by atoms with van der Waals surface area (Å²) in [6.45, 7) is 4.06. The fourth-order valence-corrected chi connectivity index (χ4v) is 2.13. The van der Waals surface area contributed by atoms with E-state index in [0.717, 1.165) is 0 Å². The van der Waals surface area contributed by atoms with Crippen molar-refractivity contribution in [2.24, 2.45) is 5.41 Å². The monoisotopic (exact) mass is 301 g/mol. The molecule has 0 saturated carbocycles. The van der Waals surface area contributed by atoms with Gasteiger partial charge in [-0.15, -0.1) is 12.4 Å². The van der Waals surface area contributed by atoms with Crippen LogP contribution in [-0.4, -0.2) is 28.9 Å². The molecule has 6 nitrogen and oxygen atoms in total. The van der Waals surface area contributed by atoms with Crippen LogP contribution in [0.4, 0.5) is 4.79 Å². The number of cyclic esters (lactones) is 1. The van der Waals surface area contributed by atoms with Crippen LogP contribution in [0.1, 0.15) is 35.8 Å². The lowest BCUT2D eigenvalue weighted by molar-refractivity contribution is 0.0387. The molecule has 0 aliphatic carbocycles. The minimum atomic E-state index is -1.21. The van der Waals surface area contributed by atoms with Gasteiger partial charge in [-0.1, -0.05) is 19.9 Å². The number of carbonyl (C=O) groups excluding carboxylic acids is 1. The maximum Gasteiger partial charge on any atom is 0.407 e. The number of aromatic hydroxyl groups is 1. The highest BCUT2D eigenvalue weighted by Gasteiger charge is 2.38. The SMILES string of the molecule is CC1(C)COC(=O)N[C@H]1c1ccc(O)c(C(=O)O)c1.Cl. The molecule has 0 aromatic heterocycles. The summed E-state index contributed by atoms with van der Waals surface area (Å²) in [5.74, 6) is -1.51. The van der Waals surface area contributed by atoms with Gasteiger partial charge in [-0.3, -0.25) is 0 Å². The van der Waals surface area contributed by atoms with Gasteiger partial charge in [0.05, 0.1) is 6.04 Å². The predicted octanol–water partition coefficient (Wildman–Crippen LogP) is 2.32. The van der Waals surface area contributed by atoms with Crippen LogP contribution in [0.15, 0.2) is 18.2 Å². The summed E-state index contributed by atoms with van der Waals surface area (Å²) in [6.07, 6.45) is -0.533. The number of aromatic carboxylic acids is 1. The lowest BCUT2D eigenvalue weighted by Gasteiger charge is -2.38. The van der Waals surface area contributed by atoms with E-state index in [4.69, 9.17) is 9.84 Å². The molecule has 1 saturated heterocycles. The highest BCUT2D eigenvalue weighted by atomic mass is 35.5. The molecule has 0 spiro atoms. The van der Waals surface area contributed by atoms with Gasteiger partial charge in [0.1, 0.15) is 17.9 Å². The van der Waals surface area contributed by atoms with E-state index in [1.165, 1.54) is 12.1 Å². The van der Waals surface area contributed by atoms with Crippen molar-refractivity contribution in [3.05, 3.63) is 29.3 Å². The van der Waals surface area contributed by atoms with Crippen molar-refractivity contribution in [2.75, 3.05) is 6.61 Å². The third kappa shape index (κ3) is 2.96. The fraction of sp³-hybridized carbons (Fsp3) is 0.385. The first-order chi connectivity index (χ1) is 8.81. The second kappa shape index (κ2) is 5.58. The van der Waals surface area contributed by atoms with Crippen LogP contribution in [0.3, 0.4) is 0 Å². The van der Waals surface area contributed by atoms with E-state index in [1.54, 1.807) is 6.07 Å². The number of halogens is 1. The summed E-state index contributed by atoms with van der Waals surface area (Å²) in [5, 5.41) is 21.2. The van der Waals surface area contributed by atoms with Crippen LogP contribution in [0.25, 0.3) is 0 Å². The Hall–Kier alpha value is -1.95. The van der Waals surface area contributed by atoms with Crippen molar-refractivity contribution in [1.82, 2.24) is 5.32 Å². The van der Waals surface area contributed by atoms with Crippen molar-refractivity contribution < 1.29 is 24.5 Å². The van der Waals surface area contributed by atoms with E-state index in [0.29, 0.717) is 5.56 Å². The number of benzene rings is 1. The molecule has 1 amide bonds. The molecule has 20 heavy (non-hydrogen) atoms. The second-order valence-electron chi connectivity index (χ2n) is 5.22. The van der Waals surface area contributed by atoms with Gasteiger partial charge in [0, 0.05) is 5.41 Å². The zero-order chi connectivity index (χ0) is 14.2. The fourth-order valence-electron chi connectivity index (χ4n) is 2.13. The van der Waals surface area contributed by atoms with Gasteiger partial charge in [0.15, 0.2) is 0 Å². The minimum Gasteiger partial charge on any atom is -0.507 e. The summed E-state index contributed by atoms with van der Waals surface area (Å²) < 4.78 is 4.93. The standard InChI is InChI=1S/C13H15NO5.ClH/c1-13(2)6-19-12(18)14-10(13)7-3-4-9(15)8(5-7)11(16)17;/h3-5,10,15H,6H2,1-2H3,(H,14,18)(H,16,17);1H/t10-;/m0./s1. The summed E-state index contributed by atoms with van der Waals surface area (Å²) in [5.41, 5.74) is 0.0617. The van der Waals surface area contributed by atoms with Gasteiger partial charge in [-0.2, -0.15) is 0 Å². The first-order valence-electron chi connectivity index (χ1n) is 5.81. The van der Waals surface area contributed by atoms with E-state index in [9.17, 15) is 14.7 Å². The van der Waals surface area contributed by atoms with Gasteiger partial charge in [-0.25, -0.2) is 9.59 Å². The number of ether oxygens (including phenoxy) is 1. The highest BCUT2D eigenvalue weighted by molar-refractivity contribution is 5.91. The van der Waals surface area contributed by atoms with E-state index in [2.05, 4.69) is 5.32 Å². The Morgan fingerprint density at radius 3 is 2.70 bits per heavy atom. The zero-order valence-corrected chi connectivity index (χ0v) is 11.9. The molecule has 7 heteroatoms. The molecule has 0 unspecified atom stereocenters. The number of hydrogen-bond donors (Lipinski definition) is 3. The van der Waals surface area contributed by atoms with Crippen molar-refractivity contribution in [2.45, 2.75) is 19.9 Å². The topological polar surface area (TPSA) is 95.9 Å². The number of rotatable bonds is 2. The van der Waals surface area contributed by atoms with Crippen LogP contribution in [0.5, 0.6) is 5.75 Å². The van der Waals surface area contributed by atoms with Gasteiger partial charge >= 0.3 is 12.1 Å². The van der Waals surface area contributed by atoms with Crippen molar-refractivity contribution >= 4 is 24.5 Å². The molecular formula is C13H16ClNO5. The van der Waals surface area contributed by atoms with E-state index in [-0.39, 0.29) is 41.8 Å². The number of carboxylic acid groups (broad SMARTS) is 1. The van der Waals surface area contributed by atoms with Gasteiger partial charge in [0.25, 0.3) is 0 Å². The quantitative estimate of drug-likeness (QED) is 0.779. The van der Waals surface area contributed by atoms with E-state index in [1.807, 2.05) is 13.8 Å². The van der Waals surface area contributed by atoms with Crippen molar-refractivity contribution in [1.29, 1.82) is 0 Å². The van der Waals surface area contributed by atoms with Crippen molar-refractivity contribution in [3.63, 3.8) is 0 Å². The Balaban J connectivity index is 0.00000200. The second-order valence-corrected chi connectivity index (χ2v) is 5.22. The number of hydrogen-bond acceptors (Lipinski definition) is 4. The molecule has 1 fully saturated rings. The molecule has 3 N–H and O–H groups in total. The Morgan fingerprint density at radius 1 is 1.45 bits per heavy atom. The number of nitrogens with one attached hydrogen (secondary N) is 1. The molecule has 110 valence electrons. The van der Waals surface area contributed by atoms with E-state index < -0.39 is 12.1 Å². The number of carbonyl (C=O) groups is 2. The molecule has 1 aromatic rings.